The largest absolute Gasteiger partial charge is 0.495 e. The van der Waals surface area contributed by atoms with Gasteiger partial charge in [-0.25, -0.2) is 0 Å². The molecule has 2 N–H and O–H groups in total. The Labute approximate surface area is 56.0 Å². The molecule has 0 aromatic carbocycles. The smallest absolute Gasteiger partial charge is 0.117 e. The molecule has 0 bridgehead atoms. The lowest BCUT2D eigenvalue weighted by molar-refractivity contribution is 0.194. The van der Waals surface area contributed by atoms with Gasteiger partial charge in [0.15, 0.2) is 0 Å². The van der Waals surface area contributed by atoms with Crippen molar-refractivity contribution >= 4 is 0 Å². The summed E-state index contributed by atoms with van der Waals surface area (Å²) in [6, 6.07) is 0. The molecular weight excluding hydrogens is 114 g/mol. The fraction of sp³-hybridized carbons (Fsp3) is 0.429. The van der Waals surface area contributed by atoms with E-state index in [1.54, 1.807) is 0 Å². The Morgan fingerprint density at radius 1 is 1.78 bits per heavy atom. The minimum Gasteiger partial charge on any atom is -0.495 e. The van der Waals surface area contributed by atoms with E-state index in [2.05, 4.69) is 6.58 Å². The molecular formula is C7H13NO. The van der Waals surface area contributed by atoms with Crippen molar-refractivity contribution in [2.24, 2.45) is 5.73 Å². The first-order valence-corrected chi connectivity index (χ1v) is 2.87. The monoisotopic (exact) mass is 127 g/mol. The minimum atomic E-state index is 0.0486. The van der Waals surface area contributed by atoms with Crippen LogP contribution in [-0.2, 0) is 4.74 Å². The summed E-state index contributed by atoms with van der Waals surface area (Å²) < 4.78 is 5.01. The van der Waals surface area contributed by atoms with E-state index in [0.717, 1.165) is 5.57 Å². The van der Waals surface area contributed by atoms with Crippen LogP contribution in [0.15, 0.2) is 24.6 Å². The molecule has 0 aliphatic carbocycles. The Morgan fingerprint density at radius 3 is 2.67 bits per heavy atom. The Bertz CT molecular complexity index is 118. The van der Waals surface area contributed by atoms with Crippen molar-refractivity contribution in [2.45, 2.75) is 20.0 Å². The fourth-order valence-corrected chi connectivity index (χ4v) is 0.387. The van der Waals surface area contributed by atoms with Crippen LogP contribution in [0.3, 0.4) is 0 Å². The zero-order chi connectivity index (χ0) is 7.28. The van der Waals surface area contributed by atoms with Crippen LogP contribution < -0.4 is 5.73 Å². The lowest BCUT2D eigenvalue weighted by atomic mass is 10.2. The molecule has 0 heterocycles. The van der Waals surface area contributed by atoms with Gasteiger partial charge in [0.25, 0.3) is 0 Å². The molecule has 0 aliphatic rings. The molecule has 0 spiro atoms. The molecule has 2 nitrogen and oxygen atoms in total. The van der Waals surface area contributed by atoms with E-state index in [0.29, 0.717) is 0 Å². The molecule has 0 aliphatic heterocycles. The Hall–Kier alpha value is -0.920. The molecule has 52 valence electrons. The molecule has 0 aromatic heterocycles. The molecule has 0 radical (unpaired) electrons. The summed E-state index contributed by atoms with van der Waals surface area (Å²) in [7, 11) is 0. The van der Waals surface area contributed by atoms with Gasteiger partial charge in [-0.2, -0.15) is 0 Å². The maximum atomic E-state index is 5.23. The summed E-state index contributed by atoms with van der Waals surface area (Å²) in [6.07, 6.45) is 3.00. The third-order valence-corrected chi connectivity index (χ3v) is 1.20. The molecule has 0 aromatic rings. The topological polar surface area (TPSA) is 35.2 Å². The van der Waals surface area contributed by atoms with Crippen molar-refractivity contribution in [3.8, 4) is 0 Å². The van der Waals surface area contributed by atoms with Crippen LogP contribution in [0.2, 0.25) is 0 Å². The maximum Gasteiger partial charge on any atom is 0.117 e. The SMILES string of the molecule is C=COC(C)/C(C)=C\N. The predicted octanol–water partition coefficient (Wildman–Crippen LogP) is 1.40. The average Bonchev–Trinajstić information content (AvgIpc) is 1.87. The lowest BCUT2D eigenvalue weighted by Gasteiger charge is -2.09. The van der Waals surface area contributed by atoms with Crippen molar-refractivity contribution < 1.29 is 4.74 Å². The highest BCUT2D eigenvalue weighted by Gasteiger charge is 1.99. The molecule has 0 fully saturated rings. The number of rotatable bonds is 3. The summed E-state index contributed by atoms with van der Waals surface area (Å²) in [6.45, 7) is 7.26. The van der Waals surface area contributed by atoms with Crippen LogP contribution in [0.25, 0.3) is 0 Å². The van der Waals surface area contributed by atoms with E-state index in [-0.39, 0.29) is 6.10 Å². The highest BCUT2D eigenvalue weighted by atomic mass is 16.5. The molecule has 1 unspecified atom stereocenters. The van der Waals surface area contributed by atoms with Crippen molar-refractivity contribution in [3.63, 3.8) is 0 Å². The average molecular weight is 127 g/mol. The molecule has 0 rings (SSSR count). The number of ether oxygens (including phenoxy) is 1. The van der Waals surface area contributed by atoms with Gasteiger partial charge in [0.1, 0.15) is 6.10 Å². The second-order valence-corrected chi connectivity index (χ2v) is 1.86. The third-order valence-electron chi connectivity index (χ3n) is 1.20. The van der Waals surface area contributed by atoms with Crippen molar-refractivity contribution in [1.82, 2.24) is 0 Å². The molecule has 1 atom stereocenters. The van der Waals surface area contributed by atoms with Gasteiger partial charge in [0.05, 0.1) is 6.26 Å². The molecule has 0 amide bonds. The lowest BCUT2D eigenvalue weighted by Crippen LogP contribution is -2.06. The second-order valence-electron chi connectivity index (χ2n) is 1.86. The molecule has 0 saturated carbocycles. The van der Waals surface area contributed by atoms with E-state index < -0.39 is 0 Å². The van der Waals surface area contributed by atoms with Crippen molar-refractivity contribution in [2.75, 3.05) is 0 Å². The van der Waals surface area contributed by atoms with E-state index in [4.69, 9.17) is 10.5 Å². The minimum absolute atomic E-state index is 0.0486. The number of hydrogen-bond acceptors (Lipinski definition) is 2. The summed E-state index contributed by atoms with van der Waals surface area (Å²) in [5, 5.41) is 0. The Kier molecular flexibility index (Phi) is 3.60. The highest BCUT2D eigenvalue weighted by Crippen LogP contribution is 2.02. The van der Waals surface area contributed by atoms with Crippen LogP contribution in [0.1, 0.15) is 13.8 Å². The maximum absolute atomic E-state index is 5.23. The van der Waals surface area contributed by atoms with Gasteiger partial charge in [-0.3, -0.25) is 0 Å². The quantitative estimate of drug-likeness (QED) is 0.581. The van der Waals surface area contributed by atoms with Crippen LogP contribution in [0, 0.1) is 0 Å². The molecule has 0 saturated heterocycles. The predicted molar refractivity (Wildman–Crippen MR) is 38.7 cm³/mol. The van der Waals surface area contributed by atoms with Gasteiger partial charge in [-0.05, 0) is 25.6 Å². The second kappa shape index (κ2) is 4.01. The zero-order valence-electron chi connectivity index (χ0n) is 5.92. The van der Waals surface area contributed by atoms with E-state index >= 15 is 0 Å². The number of hydrogen-bond donors (Lipinski definition) is 1. The Morgan fingerprint density at radius 2 is 2.33 bits per heavy atom. The fourth-order valence-electron chi connectivity index (χ4n) is 0.387. The van der Waals surface area contributed by atoms with Gasteiger partial charge in [-0.15, -0.1) is 0 Å². The standard InChI is InChI=1S/C7H13NO/c1-4-9-7(3)6(2)5-8/h4-5,7H,1,8H2,2-3H3/b6-5-. The highest BCUT2D eigenvalue weighted by molar-refractivity contribution is 5.01. The first-order chi connectivity index (χ1) is 4.22. The van der Waals surface area contributed by atoms with Gasteiger partial charge < -0.3 is 10.5 Å². The first kappa shape index (κ1) is 8.08. The first-order valence-electron chi connectivity index (χ1n) is 2.87. The normalized spacial score (nSPS) is 14.7. The van der Waals surface area contributed by atoms with Crippen molar-refractivity contribution in [3.05, 3.63) is 24.6 Å². The van der Waals surface area contributed by atoms with Gasteiger partial charge >= 0.3 is 0 Å². The summed E-state index contributed by atoms with van der Waals surface area (Å²) in [4.78, 5) is 0. The van der Waals surface area contributed by atoms with Gasteiger partial charge in [-0.1, -0.05) is 6.58 Å². The van der Waals surface area contributed by atoms with E-state index in [1.807, 2.05) is 13.8 Å². The van der Waals surface area contributed by atoms with Crippen molar-refractivity contribution in [1.29, 1.82) is 0 Å². The van der Waals surface area contributed by atoms with E-state index in [1.165, 1.54) is 12.5 Å². The summed E-state index contributed by atoms with van der Waals surface area (Å²) in [5.74, 6) is 0. The zero-order valence-corrected chi connectivity index (χ0v) is 5.92. The van der Waals surface area contributed by atoms with Gasteiger partial charge in [0, 0.05) is 0 Å². The summed E-state index contributed by atoms with van der Waals surface area (Å²) >= 11 is 0. The van der Waals surface area contributed by atoms with Crippen LogP contribution in [0.5, 0.6) is 0 Å². The van der Waals surface area contributed by atoms with Gasteiger partial charge in [0.2, 0.25) is 0 Å². The van der Waals surface area contributed by atoms with Crippen LogP contribution in [0.4, 0.5) is 0 Å². The molecule has 9 heavy (non-hydrogen) atoms. The van der Waals surface area contributed by atoms with Crippen LogP contribution >= 0.6 is 0 Å². The van der Waals surface area contributed by atoms with Crippen LogP contribution in [-0.4, -0.2) is 6.10 Å². The molecule has 2 heteroatoms. The van der Waals surface area contributed by atoms with E-state index in [9.17, 15) is 0 Å². The Balaban J connectivity index is 3.72. The summed E-state index contributed by atoms with van der Waals surface area (Å²) in [5.41, 5.74) is 6.24. The number of nitrogens with two attached hydrogens (primary N) is 1. The third kappa shape index (κ3) is 2.80.